The lowest BCUT2D eigenvalue weighted by Gasteiger charge is -1.97. The van der Waals surface area contributed by atoms with Crippen LogP contribution in [0.2, 0.25) is 0 Å². The highest BCUT2D eigenvalue weighted by molar-refractivity contribution is 5.91. The van der Waals surface area contributed by atoms with E-state index in [4.69, 9.17) is 10.5 Å². The number of anilines is 1. The van der Waals surface area contributed by atoms with Crippen molar-refractivity contribution in [1.82, 2.24) is 10.3 Å². The third-order valence-electron chi connectivity index (χ3n) is 1.14. The molecule has 1 aromatic rings. The lowest BCUT2D eigenvalue weighted by atomic mass is 10.4. The van der Waals surface area contributed by atoms with Crippen LogP contribution in [-0.4, -0.2) is 22.9 Å². The van der Waals surface area contributed by atoms with Crippen LogP contribution in [-0.2, 0) is 4.74 Å². The predicted octanol–water partition coefficient (Wildman–Crippen LogP) is 0.219. The summed E-state index contributed by atoms with van der Waals surface area (Å²) in [5.41, 5.74) is 5.18. The number of hydrogen-bond donors (Lipinski definition) is 1. The van der Waals surface area contributed by atoms with Gasteiger partial charge >= 0.3 is 5.97 Å². The van der Waals surface area contributed by atoms with Crippen molar-refractivity contribution in [1.29, 1.82) is 0 Å². The summed E-state index contributed by atoms with van der Waals surface area (Å²) in [5.74, 6) is -0.647. The van der Waals surface area contributed by atoms with Gasteiger partial charge in [0.2, 0.25) is 11.5 Å². The molecule has 0 spiro atoms. The highest BCUT2D eigenvalue weighted by Crippen LogP contribution is 2.05. The molecule has 6 heteroatoms. The second-order valence-corrected chi connectivity index (χ2v) is 2.13. The highest BCUT2D eigenvalue weighted by Gasteiger charge is 2.16. The maximum Gasteiger partial charge on any atom is 0.364 e. The van der Waals surface area contributed by atoms with E-state index >= 15 is 0 Å². The summed E-state index contributed by atoms with van der Waals surface area (Å²) in [6.07, 6.45) is 0.747. The van der Waals surface area contributed by atoms with Crippen molar-refractivity contribution < 1.29 is 14.2 Å². The average Bonchev–Trinajstić information content (AvgIpc) is 2.47. The SMILES string of the molecule is CCCOC(=O)c1nonc1N. The quantitative estimate of drug-likeness (QED) is 0.654. The molecular weight excluding hydrogens is 162 g/mol. The summed E-state index contributed by atoms with van der Waals surface area (Å²) in [7, 11) is 0. The van der Waals surface area contributed by atoms with Crippen molar-refractivity contribution in [2.45, 2.75) is 13.3 Å². The molecule has 1 heterocycles. The third-order valence-corrected chi connectivity index (χ3v) is 1.14. The van der Waals surface area contributed by atoms with Crippen molar-refractivity contribution >= 4 is 11.8 Å². The molecule has 0 aliphatic carbocycles. The number of nitrogens with zero attached hydrogens (tertiary/aromatic N) is 2. The first-order valence-corrected chi connectivity index (χ1v) is 3.51. The molecule has 0 saturated heterocycles. The van der Waals surface area contributed by atoms with E-state index in [0.717, 1.165) is 6.42 Å². The van der Waals surface area contributed by atoms with E-state index in [1.54, 1.807) is 0 Å². The van der Waals surface area contributed by atoms with Crippen molar-refractivity contribution in [3.05, 3.63) is 5.69 Å². The number of hydrogen-bond acceptors (Lipinski definition) is 6. The molecule has 0 radical (unpaired) electrons. The topological polar surface area (TPSA) is 91.2 Å². The molecular formula is C6H9N3O3. The number of esters is 1. The number of nitrogens with two attached hydrogens (primary N) is 1. The Morgan fingerprint density at radius 1 is 1.67 bits per heavy atom. The number of carbonyl (C=O) groups excluding carboxylic acids is 1. The van der Waals surface area contributed by atoms with E-state index in [1.165, 1.54) is 0 Å². The zero-order chi connectivity index (χ0) is 8.97. The van der Waals surface area contributed by atoms with Gasteiger partial charge < -0.3 is 10.5 Å². The van der Waals surface area contributed by atoms with Crippen LogP contribution in [0, 0.1) is 0 Å². The molecule has 0 bridgehead atoms. The van der Waals surface area contributed by atoms with Gasteiger partial charge in [0, 0.05) is 0 Å². The minimum Gasteiger partial charge on any atom is -0.461 e. The zero-order valence-corrected chi connectivity index (χ0v) is 6.61. The minimum absolute atomic E-state index is 0.0453. The van der Waals surface area contributed by atoms with E-state index in [9.17, 15) is 4.79 Å². The second-order valence-electron chi connectivity index (χ2n) is 2.13. The molecule has 1 rings (SSSR count). The highest BCUT2D eigenvalue weighted by atomic mass is 16.6. The van der Waals surface area contributed by atoms with Gasteiger partial charge in [-0.15, -0.1) is 0 Å². The van der Waals surface area contributed by atoms with Gasteiger partial charge in [-0.3, -0.25) is 0 Å². The van der Waals surface area contributed by atoms with Gasteiger partial charge in [-0.25, -0.2) is 9.42 Å². The predicted molar refractivity (Wildman–Crippen MR) is 39.3 cm³/mol. The second kappa shape index (κ2) is 3.70. The van der Waals surface area contributed by atoms with Crippen LogP contribution in [0.25, 0.3) is 0 Å². The van der Waals surface area contributed by atoms with Gasteiger partial charge in [0.25, 0.3) is 0 Å². The molecule has 1 aromatic heterocycles. The molecule has 0 unspecified atom stereocenters. The summed E-state index contributed by atoms with van der Waals surface area (Å²) in [4.78, 5) is 11.0. The van der Waals surface area contributed by atoms with Gasteiger partial charge in [0.1, 0.15) is 0 Å². The Bertz CT molecular complexity index is 271. The van der Waals surface area contributed by atoms with Gasteiger partial charge in [-0.05, 0) is 16.7 Å². The molecule has 0 amide bonds. The van der Waals surface area contributed by atoms with Crippen LogP contribution in [0.4, 0.5) is 5.82 Å². The first-order valence-electron chi connectivity index (χ1n) is 3.51. The number of rotatable bonds is 3. The van der Waals surface area contributed by atoms with Crippen molar-refractivity contribution in [3.8, 4) is 0 Å². The van der Waals surface area contributed by atoms with Gasteiger partial charge in [-0.2, -0.15) is 0 Å². The van der Waals surface area contributed by atoms with E-state index in [-0.39, 0.29) is 11.5 Å². The first-order chi connectivity index (χ1) is 5.75. The monoisotopic (exact) mass is 171 g/mol. The van der Waals surface area contributed by atoms with Crippen LogP contribution >= 0.6 is 0 Å². The molecule has 2 N–H and O–H groups in total. The summed E-state index contributed by atoms with van der Waals surface area (Å²) in [6, 6.07) is 0. The molecule has 0 fully saturated rings. The lowest BCUT2D eigenvalue weighted by molar-refractivity contribution is 0.0493. The van der Waals surface area contributed by atoms with Crippen LogP contribution in [0.5, 0.6) is 0 Å². The number of aromatic nitrogens is 2. The maximum absolute atomic E-state index is 11.0. The van der Waals surface area contributed by atoms with E-state index in [0.29, 0.717) is 6.61 Å². The summed E-state index contributed by atoms with van der Waals surface area (Å²) < 4.78 is 8.96. The Labute approximate surface area is 68.6 Å². The molecule has 66 valence electrons. The van der Waals surface area contributed by atoms with Crippen molar-refractivity contribution in [3.63, 3.8) is 0 Å². The fourth-order valence-corrected chi connectivity index (χ4v) is 0.600. The lowest BCUT2D eigenvalue weighted by Crippen LogP contribution is -2.08. The number of ether oxygens (including phenoxy) is 1. The van der Waals surface area contributed by atoms with E-state index in [1.807, 2.05) is 6.92 Å². The number of carbonyl (C=O) groups is 1. The zero-order valence-electron chi connectivity index (χ0n) is 6.61. The molecule has 0 aliphatic heterocycles. The van der Waals surface area contributed by atoms with Crippen LogP contribution in [0.3, 0.4) is 0 Å². The van der Waals surface area contributed by atoms with Gasteiger partial charge in [0.05, 0.1) is 6.61 Å². The first kappa shape index (κ1) is 8.51. The molecule has 0 atom stereocenters. The summed E-state index contributed by atoms with van der Waals surface area (Å²) in [5, 5.41) is 6.52. The maximum atomic E-state index is 11.0. The molecule has 12 heavy (non-hydrogen) atoms. The Morgan fingerprint density at radius 2 is 2.42 bits per heavy atom. The normalized spacial score (nSPS) is 9.75. The Kier molecular flexibility index (Phi) is 2.62. The summed E-state index contributed by atoms with van der Waals surface area (Å²) >= 11 is 0. The molecule has 0 saturated carbocycles. The minimum atomic E-state index is -0.601. The standard InChI is InChI=1S/C6H9N3O3/c1-2-3-11-6(10)4-5(7)9-12-8-4/h2-3H2,1H3,(H2,7,9). The third kappa shape index (κ3) is 1.71. The fraction of sp³-hybridized carbons (Fsp3) is 0.500. The Hall–Kier alpha value is -1.59. The van der Waals surface area contributed by atoms with Crippen molar-refractivity contribution in [2.24, 2.45) is 0 Å². The summed E-state index contributed by atoms with van der Waals surface area (Å²) in [6.45, 7) is 2.23. The van der Waals surface area contributed by atoms with E-state index in [2.05, 4.69) is 14.9 Å². The fourth-order valence-electron chi connectivity index (χ4n) is 0.600. The van der Waals surface area contributed by atoms with Crippen molar-refractivity contribution in [2.75, 3.05) is 12.3 Å². The Morgan fingerprint density at radius 3 is 2.92 bits per heavy atom. The largest absolute Gasteiger partial charge is 0.461 e. The average molecular weight is 171 g/mol. The molecule has 0 aliphatic rings. The molecule has 6 nitrogen and oxygen atoms in total. The van der Waals surface area contributed by atoms with Crippen LogP contribution < -0.4 is 5.73 Å². The number of nitrogen functional groups attached to an aromatic ring is 1. The smallest absolute Gasteiger partial charge is 0.364 e. The van der Waals surface area contributed by atoms with Gasteiger partial charge in [-0.1, -0.05) is 6.92 Å². The van der Waals surface area contributed by atoms with Crippen LogP contribution in [0.15, 0.2) is 4.63 Å². The van der Waals surface area contributed by atoms with E-state index < -0.39 is 5.97 Å². The Balaban J connectivity index is 2.59. The van der Waals surface area contributed by atoms with Crippen LogP contribution in [0.1, 0.15) is 23.8 Å². The molecule has 0 aromatic carbocycles. The van der Waals surface area contributed by atoms with Gasteiger partial charge in [0.15, 0.2) is 0 Å².